The predicted octanol–water partition coefficient (Wildman–Crippen LogP) is 4.52. The quantitative estimate of drug-likeness (QED) is 0.634. The monoisotopic (exact) mass is 299 g/mol. The summed E-state index contributed by atoms with van der Waals surface area (Å²) in [6, 6.07) is 10.4. The van der Waals surface area contributed by atoms with Gasteiger partial charge in [-0.3, -0.25) is 4.98 Å². The summed E-state index contributed by atoms with van der Waals surface area (Å²) in [5.74, 6) is 0. The second-order valence-electron chi connectivity index (χ2n) is 5.92. The first-order valence-corrected chi connectivity index (χ1v) is 8.62. The van der Waals surface area contributed by atoms with Gasteiger partial charge in [0.25, 0.3) is 0 Å². The normalized spacial score (nSPS) is 11.0. The summed E-state index contributed by atoms with van der Waals surface area (Å²) in [6.07, 6.45) is 6.70. The van der Waals surface area contributed by atoms with Gasteiger partial charge in [0.15, 0.2) is 0 Å². The van der Waals surface area contributed by atoms with Gasteiger partial charge < -0.3 is 10.6 Å². The van der Waals surface area contributed by atoms with E-state index in [4.69, 9.17) is 0 Å². The van der Waals surface area contributed by atoms with E-state index in [9.17, 15) is 0 Å². The predicted molar refractivity (Wildman–Crippen MR) is 96.6 cm³/mol. The van der Waals surface area contributed by atoms with Gasteiger partial charge >= 0.3 is 0 Å². The molecule has 0 aliphatic rings. The Hall–Kier alpha value is -1.61. The molecule has 0 radical (unpaired) electrons. The number of para-hydroxylation sites is 1. The Kier molecular flexibility index (Phi) is 7.17. The molecule has 0 fully saturated rings. The summed E-state index contributed by atoms with van der Waals surface area (Å²) in [5.41, 5.74) is 3.31. The van der Waals surface area contributed by atoms with E-state index in [1.54, 1.807) is 0 Å². The molecule has 0 unspecified atom stereocenters. The van der Waals surface area contributed by atoms with Gasteiger partial charge in [-0.15, -0.1) is 0 Å². The average molecular weight is 299 g/mol. The van der Waals surface area contributed by atoms with Crippen molar-refractivity contribution in [3.05, 3.63) is 36.0 Å². The lowest BCUT2D eigenvalue weighted by Gasteiger charge is -2.11. The number of hydrogen-bond acceptors (Lipinski definition) is 3. The van der Waals surface area contributed by atoms with Crippen LogP contribution in [0.15, 0.2) is 30.3 Å². The lowest BCUT2D eigenvalue weighted by Crippen LogP contribution is -2.23. The Labute approximate surface area is 134 Å². The fourth-order valence-electron chi connectivity index (χ4n) is 2.72. The highest BCUT2D eigenvalue weighted by atomic mass is 14.9. The summed E-state index contributed by atoms with van der Waals surface area (Å²) in [6.45, 7) is 7.38. The molecule has 0 saturated carbocycles. The number of rotatable bonds is 10. The SMILES string of the molecule is CCCCCCCNCCNc1cc(C)nc2ccccc12. The summed E-state index contributed by atoms with van der Waals surface area (Å²) < 4.78 is 0. The van der Waals surface area contributed by atoms with Crippen LogP contribution < -0.4 is 10.6 Å². The van der Waals surface area contributed by atoms with Gasteiger partial charge in [-0.05, 0) is 32.0 Å². The molecule has 2 N–H and O–H groups in total. The minimum Gasteiger partial charge on any atom is -0.383 e. The zero-order chi connectivity index (χ0) is 15.6. The van der Waals surface area contributed by atoms with Crippen molar-refractivity contribution < 1.29 is 0 Å². The summed E-state index contributed by atoms with van der Waals surface area (Å²) >= 11 is 0. The number of aromatic nitrogens is 1. The molecule has 0 atom stereocenters. The topological polar surface area (TPSA) is 37.0 Å². The Morgan fingerprint density at radius 2 is 1.77 bits per heavy atom. The van der Waals surface area contributed by atoms with Crippen LogP contribution in [0, 0.1) is 6.92 Å². The number of unbranched alkanes of at least 4 members (excludes halogenated alkanes) is 4. The molecule has 3 heteroatoms. The van der Waals surface area contributed by atoms with E-state index in [0.717, 1.165) is 30.8 Å². The van der Waals surface area contributed by atoms with Crippen LogP contribution in [0.3, 0.4) is 0 Å². The molecule has 0 amide bonds. The fraction of sp³-hybridized carbons (Fsp3) is 0.526. The molecule has 0 aliphatic carbocycles. The van der Waals surface area contributed by atoms with Crippen LogP contribution in [0.2, 0.25) is 0 Å². The smallest absolute Gasteiger partial charge is 0.0725 e. The van der Waals surface area contributed by atoms with Crippen LogP contribution in [-0.2, 0) is 0 Å². The van der Waals surface area contributed by atoms with Crippen LogP contribution in [0.25, 0.3) is 10.9 Å². The maximum atomic E-state index is 4.57. The van der Waals surface area contributed by atoms with E-state index in [2.05, 4.69) is 46.8 Å². The van der Waals surface area contributed by atoms with Crippen LogP contribution >= 0.6 is 0 Å². The van der Waals surface area contributed by atoms with Crippen molar-refractivity contribution in [3.8, 4) is 0 Å². The molecule has 2 rings (SSSR count). The number of fused-ring (bicyclic) bond motifs is 1. The number of aryl methyl sites for hydroxylation is 1. The molecule has 0 saturated heterocycles. The molecule has 22 heavy (non-hydrogen) atoms. The number of anilines is 1. The molecule has 2 aromatic rings. The van der Waals surface area contributed by atoms with Crippen molar-refractivity contribution in [2.45, 2.75) is 46.0 Å². The lowest BCUT2D eigenvalue weighted by molar-refractivity contribution is 0.589. The standard InChI is InChI=1S/C19H29N3/c1-3-4-5-6-9-12-20-13-14-21-19-15-16(2)22-18-11-8-7-10-17(18)19/h7-8,10-11,15,20H,3-6,9,12-14H2,1-2H3,(H,21,22). The largest absolute Gasteiger partial charge is 0.383 e. The average Bonchev–Trinajstić information content (AvgIpc) is 2.53. The van der Waals surface area contributed by atoms with Crippen LogP contribution in [0.4, 0.5) is 5.69 Å². The Balaban J connectivity index is 1.71. The highest BCUT2D eigenvalue weighted by Gasteiger charge is 2.02. The van der Waals surface area contributed by atoms with E-state index in [0.29, 0.717) is 0 Å². The molecule has 1 heterocycles. The number of pyridine rings is 1. The van der Waals surface area contributed by atoms with Gasteiger partial charge in [-0.2, -0.15) is 0 Å². The highest BCUT2D eigenvalue weighted by Crippen LogP contribution is 2.22. The van der Waals surface area contributed by atoms with E-state index in [1.807, 2.05) is 13.0 Å². The maximum absolute atomic E-state index is 4.57. The molecule has 1 aromatic heterocycles. The van der Waals surface area contributed by atoms with Crippen molar-refractivity contribution in [2.75, 3.05) is 25.0 Å². The molecule has 3 nitrogen and oxygen atoms in total. The number of nitrogens with one attached hydrogen (secondary N) is 2. The molecular weight excluding hydrogens is 270 g/mol. The van der Waals surface area contributed by atoms with Crippen molar-refractivity contribution in [1.82, 2.24) is 10.3 Å². The second-order valence-corrected chi connectivity index (χ2v) is 5.92. The number of hydrogen-bond donors (Lipinski definition) is 2. The lowest BCUT2D eigenvalue weighted by atomic mass is 10.1. The molecule has 0 bridgehead atoms. The summed E-state index contributed by atoms with van der Waals surface area (Å²) in [4.78, 5) is 4.57. The molecule has 1 aromatic carbocycles. The summed E-state index contributed by atoms with van der Waals surface area (Å²) in [7, 11) is 0. The first kappa shape index (κ1) is 16.8. The van der Waals surface area contributed by atoms with Gasteiger partial charge in [0.1, 0.15) is 0 Å². The second kappa shape index (κ2) is 9.42. The van der Waals surface area contributed by atoms with E-state index in [-0.39, 0.29) is 0 Å². The van der Waals surface area contributed by atoms with Gasteiger partial charge in [-0.25, -0.2) is 0 Å². The van der Waals surface area contributed by atoms with Gasteiger partial charge in [0, 0.05) is 29.9 Å². The van der Waals surface area contributed by atoms with E-state index < -0.39 is 0 Å². The Bertz CT molecular complexity index is 566. The third-order valence-electron chi connectivity index (χ3n) is 3.92. The Morgan fingerprint density at radius 3 is 2.64 bits per heavy atom. The van der Waals surface area contributed by atoms with E-state index in [1.165, 1.54) is 43.2 Å². The van der Waals surface area contributed by atoms with Crippen molar-refractivity contribution in [1.29, 1.82) is 0 Å². The number of nitrogens with zero attached hydrogens (tertiary/aromatic N) is 1. The zero-order valence-corrected chi connectivity index (χ0v) is 14.0. The number of benzene rings is 1. The van der Waals surface area contributed by atoms with Crippen molar-refractivity contribution in [3.63, 3.8) is 0 Å². The van der Waals surface area contributed by atoms with Crippen molar-refractivity contribution >= 4 is 16.6 Å². The zero-order valence-electron chi connectivity index (χ0n) is 14.0. The maximum Gasteiger partial charge on any atom is 0.0725 e. The Morgan fingerprint density at radius 1 is 0.955 bits per heavy atom. The van der Waals surface area contributed by atoms with E-state index >= 15 is 0 Å². The van der Waals surface area contributed by atoms with Crippen LogP contribution in [-0.4, -0.2) is 24.6 Å². The highest BCUT2D eigenvalue weighted by molar-refractivity contribution is 5.91. The van der Waals surface area contributed by atoms with Gasteiger partial charge in [0.2, 0.25) is 0 Å². The molecule has 0 aliphatic heterocycles. The first-order chi connectivity index (χ1) is 10.8. The molecule has 120 valence electrons. The van der Waals surface area contributed by atoms with Gasteiger partial charge in [0.05, 0.1) is 5.52 Å². The summed E-state index contributed by atoms with van der Waals surface area (Å²) in [5, 5.41) is 8.26. The first-order valence-electron chi connectivity index (χ1n) is 8.62. The minimum atomic E-state index is 0.947. The van der Waals surface area contributed by atoms with Crippen molar-refractivity contribution in [2.24, 2.45) is 0 Å². The third kappa shape index (κ3) is 5.30. The third-order valence-corrected chi connectivity index (χ3v) is 3.92. The molecular formula is C19H29N3. The van der Waals surface area contributed by atoms with Crippen LogP contribution in [0.5, 0.6) is 0 Å². The fourth-order valence-corrected chi connectivity index (χ4v) is 2.72. The van der Waals surface area contributed by atoms with Gasteiger partial charge in [-0.1, -0.05) is 50.8 Å². The minimum absolute atomic E-state index is 0.947. The van der Waals surface area contributed by atoms with Crippen LogP contribution in [0.1, 0.15) is 44.7 Å². The molecule has 0 spiro atoms.